The summed E-state index contributed by atoms with van der Waals surface area (Å²) in [6.45, 7) is 4.10. The zero-order chi connectivity index (χ0) is 12.5. The van der Waals surface area contributed by atoms with Gasteiger partial charge in [0.1, 0.15) is 0 Å². The molecule has 1 saturated carbocycles. The molecular weight excluding hydrogens is 276 g/mol. The second-order valence-corrected chi connectivity index (χ2v) is 6.50. The zero-order valence-corrected chi connectivity index (χ0v) is 12.2. The van der Waals surface area contributed by atoms with Gasteiger partial charge in [-0.2, -0.15) is 0 Å². The fourth-order valence-corrected chi connectivity index (χ4v) is 2.90. The molecule has 1 atom stereocenters. The minimum absolute atomic E-state index is 0.0270. The number of hydrogen-bond donors (Lipinski definition) is 1. The highest BCUT2D eigenvalue weighted by molar-refractivity contribution is 9.10. The van der Waals surface area contributed by atoms with Gasteiger partial charge in [-0.3, -0.25) is 0 Å². The Hall–Kier alpha value is -0.380. The van der Waals surface area contributed by atoms with E-state index in [4.69, 9.17) is 5.73 Å². The van der Waals surface area contributed by atoms with Gasteiger partial charge in [0.05, 0.1) is 0 Å². The molecule has 2 N–H and O–H groups in total. The number of likely N-dealkylation sites (N-methyl/N-ethyl adjacent to an activating group) is 1. The van der Waals surface area contributed by atoms with Gasteiger partial charge in [0.2, 0.25) is 0 Å². The van der Waals surface area contributed by atoms with Gasteiger partial charge in [-0.05, 0) is 50.4 Å². The van der Waals surface area contributed by atoms with E-state index in [0.717, 1.165) is 23.5 Å². The Morgan fingerprint density at radius 1 is 1.47 bits per heavy atom. The normalized spacial score (nSPS) is 19.4. The fraction of sp³-hybridized carbons (Fsp3) is 0.571. The highest BCUT2D eigenvalue weighted by Crippen LogP contribution is 2.38. The molecule has 0 aliphatic heterocycles. The molecule has 2 nitrogen and oxygen atoms in total. The van der Waals surface area contributed by atoms with Crippen molar-refractivity contribution in [2.45, 2.75) is 31.8 Å². The fourth-order valence-electron chi connectivity index (χ4n) is 2.46. The van der Waals surface area contributed by atoms with Gasteiger partial charge >= 0.3 is 0 Å². The number of benzene rings is 1. The van der Waals surface area contributed by atoms with E-state index in [0.29, 0.717) is 0 Å². The molecule has 94 valence electrons. The number of nitrogens with zero attached hydrogens (tertiary/aromatic N) is 1. The number of rotatable bonds is 5. The van der Waals surface area contributed by atoms with Gasteiger partial charge in [-0.1, -0.05) is 28.1 Å². The van der Waals surface area contributed by atoms with Crippen molar-refractivity contribution in [3.63, 3.8) is 0 Å². The predicted molar refractivity (Wildman–Crippen MR) is 75.8 cm³/mol. The Labute approximate surface area is 112 Å². The molecule has 3 heteroatoms. The second kappa shape index (κ2) is 5.09. The van der Waals surface area contributed by atoms with Crippen LogP contribution in [0.3, 0.4) is 0 Å². The zero-order valence-electron chi connectivity index (χ0n) is 10.6. The molecular formula is C14H21BrN2. The van der Waals surface area contributed by atoms with Gasteiger partial charge in [0.25, 0.3) is 0 Å². The SMILES string of the molecule is CN(Cc1cccc(Br)c1)CC(C)(N)C1CC1. The molecule has 0 amide bonds. The lowest BCUT2D eigenvalue weighted by atomic mass is 9.96. The first-order chi connectivity index (χ1) is 7.97. The number of nitrogens with two attached hydrogens (primary N) is 1. The molecule has 2 rings (SSSR count). The monoisotopic (exact) mass is 296 g/mol. The standard InChI is InChI=1S/C14H21BrN2/c1-14(16,12-6-7-12)10-17(2)9-11-4-3-5-13(15)8-11/h3-5,8,12H,6-7,9-10,16H2,1-2H3. The van der Waals surface area contributed by atoms with E-state index in [1.807, 2.05) is 0 Å². The summed E-state index contributed by atoms with van der Waals surface area (Å²) in [5.41, 5.74) is 7.66. The first kappa shape index (κ1) is 13.1. The first-order valence-electron chi connectivity index (χ1n) is 6.19. The summed E-state index contributed by atoms with van der Waals surface area (Å²) in [7, 11) is 2.15. The van der Waals surface area contributed by atoms with Gasteiger partial charge in [0, 0.05) is 23.1 Å². The van der Waals surface area contributed by atoms with Gasteiger partial charge in [0.15, 0.2) is 0 Å². The van der Waals surface area contributed by atoms with Crippen molar-refractivity contribution in [3.8, 4) is 0 Å². The van der Waals surface area contributed by atoms with Crippen LogP contribution in [0.1, 0.15) is 25.3 Å². The molecule has 0 radical (unpaired) electrons. The lowest BCUT2D eigenvalue weighted by Gasteiger charge is -2.30. The molecule has 1 unspecified atom stereocenters. The predicted octanol–water partition coefficient (Wildman–Crippen LogP) is 3.01. The molecule has 0 saturated heterocycles. The van der Waals surface area contributed by atoms with Crippen LogP contribution in [-0.4, -0.2) is 24.0 Å². The Bertz CT molecular complexity index is 386. The molecule has 17 heavy (non-hydrogen) atoms. The quantitative estimate of drug-likeness (QED) is 0.905. The van der Waals surface area contributed by atoms with Crippen LogP contribution < -0.4 is 5.73 Å². The van der Waals surface area contributed by atoms with Crippen molar-refractivity contribution < 1.29 is 0 Å². The Morgan fingerprint density at radius 2 is 2.18 bits per heavy atom. The van der Waals surface area contributed by atoms with Crippen LogP contribution in [0.25, 0.3) is 0 Å². The van der Waals surface area contributed by atoms with Crippen molar-refractivity contribution in [1.82, 2.24) is 4.90 Å². The lowest BCUT2D eigenvalue weighted by Crippen LogP contribution is -2.48. The average Bonchev–Trinajstić information content (AvgIpc) is 2.98. The maximum Gasteiger partial charge on any atom is 0.0283 e. The van der Waals surface area contributed by atoms with Crippen LogP contribution in [0.4, 0.5) is 0 Å². The Balaban J connectivity index is 1.90. The van der Waals surface area contributed by atoms with E-state index in [9.17, 15) is 0 Å². The topological polar surface area (TPSA) is 29.3 Å². The minimum Gasteiger partial charge on any atom is -0.324 e. The molecule has 1 aliphatic carbocycles. The van der Waals surface area contributed by atoms with E-state index in [1.54, 1.807) is 0 Å². The Morgan fingerprint density at radius 3 is 2.76 bits per heavy atom. The summed E-state index contributed by atoms with van der Waals surface area (Å²) in [6, 6.07) is 8.46. The van der Waals surface area contributed by atoms with Crippen LogP contribution in [-0.2, 0) is 6.54 Å². The van der Waals surface area contributed by atoms with E-state index >= 15 is 0 Å². The maximum atomic E-state index is 6.36. The first-order valence-corrected chi connectivity index (χ1v) is 6.98. The van der Waals surface area contributed by atoms with Crippen molar-refractivity contribution in [1.29, 1.82) is 0 Å². The van der Waals surface area contributed by atoms with E-state index in [2.05, 4.69) is 59.1 Å². The summed E-state index contributed by atoms with van der Waals surface area (Å²) in [6.07, 6.45) is 2.61. The highest BCUT2D eigenvalue weighted by Gasteiger charge is 2.38. The molecule has 0 bridgehead atoms. The van der Waals surface area contributed by atoms with Gasteiger partial charge in [-0.15, -0.1) is 0 Å². The molecule has 1 fully saturated rings. The van der Waals surface area contributed by atoms with Crippen molar-refractivity contribution in [2.24, 2.45) is 11.7 Å². The van der Waals surface area contributed by atoms with Gasteiger partial charge in [-0.25, -0.2) is 0 Å². The molecule has 1 aromatic rings. The molecule has 0 heterocycles. The summed E-state index contributed by atoms with van der Waals surface area (Å²) in [5.74, 6) is 0.729. The van der Waals surface area contributed by atoms with E-state index in [1.165, 1.54) is 18.4 Å². The highest BCUT2D eigenvalue weighted by atomic mass is 79.9. The van der Waals surface area contributed by atoms with Crippen LogP contribution in [0, 0.1) is 5.92 Å². The minimum atomic E-state index is -0.0270. The maximum absolute atomic E-state index is 6.36. The molecule has 1 aliphatic rings. The van der Waals surface area contributed by atoms with Crippen molar-refractivity contribution in [2.75, 3.05) is 13.6 Å². The van der Waals surface area contributed by atoms with E-state index < -0.39 is 0 Å². The van der Waals surface area contributed by atoms with Crippen molar-refractivity contribution >= 4 is 15.9 Å². The lowest BCUT2D eigenvalue weighted by molar-refractivity contribution is 0.232. The van der Waals surface area contributed by atoms with Crippen LogP contribution in [0.15, 0.2) is 28.7 Å². The molecule has 0 aromatic heterocycles. The third kappa shape index (κ3) is 3.80. The summed E-state index contributed by atoms with van der Waals surface area (Å²) < 4.78 is 1.14. The summed E-state index contributed by atoms with van der Waals surface area (Å²) in [5, 5.41) is 0. The smallest absolute Gasteiger partial charge is 0.0283 e. The molecule has 0 spiro atoms. The number of hydrogen-bond acceptors (Lipinski definition) is 2. The average molecular weight is 297 g/mol. The Kier molecular flexibility index (Phi) is 3.91. The summed E-state index contributed by atoms with van der Waals surface area (Å²) >= 11 is 3.50. The summed E-state index contributed by atoms with van der Waals surface area (Å²) in [4.78, 5) is 2.32. The number of halogens is 1. The van der Waals surface area contributed by atoms with Crippen molar-refractivity contribution in [3.05, 3.63) is 34.3 Å². The second-order valence-electron chi connectivity index (χ2n) is 5.58. The van der Waals surface area contributed by atoms with E-state index in [-0.39, 0.29) is 5.54 Å². The third-order valence-electron chi connectivity index (χ3n) is 3.46. The third-order valence-corrected chi connectivity index (χ3v) is 3.96. The van der Waals surface area contributed by atoms with Crippen LogP contribution in [0.2, 0.25) is 0 Å². The van der Waals surface area contributed by atoms with Crippen LogP contribution in [0.5, 0.6) is 0 Å². The largest absolute Gasteiger partial charge is 0.324 e. The van der Waals surface area contributed by atoms with Crippen LogP contribution >= 0.6 is 15.9 Å². The van der Waals surface area contributed by atoms with Gasteiger partial charge < -0.3 is 10.6 Å². The molecule has 1 aromatic carbocycles.